The maximum atomic E-state index is 12.1. The minimum Gasteiger partial charge on any atom is -0.378 e. The first-order chi connectivity index (χ1) is 9.60. The van der Waals surface area contributed by atoms with E-state index in [1.807, 2.05) is 43.3 Å². The van der Waals surface area contributed by atoms with Gasteiger partial charge < -0.3 is 16.0 Å². The third-order valence-electron chi connectivity index (χ3n) is 2.93. The summed E-state index contributed by atoms with van der Waals surface area (Å²) < 4.78 is 0. The van der Waals surface area contributed by atoms with Gasteiger partial charge in [-0.25, -0.2) is 0 Å². The lowest BCUT2D eigenvalue weighted by atomic mass is 10.2. The van der Waals surface area contributed by atoms with Gasteiger partial charge in [-0.1, -0.05) is 0 Å². The summed E-state index contributed by atoms with van der Waals surface area (Å²) in [5.74, 6) is -0.167. The Morgan fingerprint density at radius 3 is 2.55 bits per heavy atom. The van der Waals surface area contributed by atoms with Gasteiger partial charge in [0.25, 0.3) is 5.91 Å². The molecule has 0 aliphatic rings. The van der Waals surface area contributed by atoms with Gasteiger partial charge in [-0.3, -0.25) is 9.78 Å². The van der Waals surface area contributed by atoms with E-state index in [2.05, 4.69) is 10.3 Å². The Morgan fingerprint density at radius 2 is 1.95 bits per heavy atom. The van der Waals surface area contributed by atoms with Gasteiger partial charge in [0.05, 0.1) is 5.69 Å². The second-order valence-corrected chi connectivity index (χ2v) is 4.64. The van der Waals surface area contributed by atoms with E-state index in [9.17, 15) is 4.79 Å². The van der Waals surface area contributed by atoms with E-state index in [1.165, 1.54) is 0 Å². The number of anilines is 2. The molecular weight excluding hydrogens is 252 g/mol. The van der Waals surface area contributed by atoms with Crippen molar-refractivity contribution < 1.29 is 4.79 Å². The number of aromatic nitrogens is 1. The number of pyridine rings is 1. The van der Waals surface area contributed by atoms with Gasteiger partial charge in [-0.15, -0.1) is 0 Å². The molecule has 0 unspecified atom stereocenters. The average molecular weight is 270 g/mol. The number of nitrogens with one attached hydrogen (secondary N) is 1. The van der Waals surface area contributed by atoms with E-state index in [4.69, 9.17) is 5.73 Å². The molecule has 0 aliphatic heterocycles. The van der Waals surface area contributed by atoms with E-state index < -0.39 is 0 Å². The molecule has 20 heavy (non-hydrogen) atoms. The normalized spacial score (nSPS) is 10.2. The molecule has 0 spiro atoms. The molecule has 104 valence electrons. The highest BCUT2D eigenvalue weighted by Crippen LogP contribution is 2.16. The lowest BCUT2D eigenvalue weighted by Gasteiger charge is -2.13. The number of hydrogen-bond donors (Lipinski definition) is 2. The summed E-state index contributed by atoms with van der Waals surface area (Å²) in [5, 5.41) is 2.85. The summed E-state index contributed by atoms with van der Waals surface area (Å²) >= 11 is 0. The zero-order valence-electron chi connectivity index (χ0n) is 11.6. The molecule has 2 rings (SSSR count). The van der Waals surface area contributed by atoms with Crippen LogP contribution in [0, 0.1) is 0 Å². The average Bonchev–Trinajstić information content (AvgIpc) is 2.47. The number of benzene rings is 1. The molecule has 0 bridgehead atoms. The molecule has 1 amide bonds. The summed E-state index contributed by atoms with van der Waals surface area (Å²) in [4.78, 5) is 18.2. The summed E-state index contributed by atoms with van der Waals surface area (Å²) in [6.45, 7) is 0.318. The van der Waals surface area contributed by atoms with Gasteiger partial charge in [-0.05, 0) is 36.4 Å². The van der Waals surface area contributed by atoms with E-state index in [0.29, 0.717) is 17.8 Å². The molecule has 1 aromatic heterocycles. The third-order valence-corrected chi connectivity index (χ3v) is 2.93. The first kappa shape index (κ1) is 14.0. The van der Waals surface area contributed by atoms with Crippen LogP contribution in [-0.2, 0) is 6.54 Å². The quantitative estimate of drug-likeness (QED) is 0.889. The largest absolute Gasteiger partial charge is 0.378 e. The second-order valence-electron chi connectivity index (χ2n) is 4.64. The fourth-order valence-electron chi connectivity index (χ4n) is 1.78. The maximum absolute atomic E-state index is 12.1. The molecular formula is C15H18N4O. The molecule has 0 atom stereocenters. The molecule has 0 saturated carbocycles. The summed E-state index contributed by atoms with van der Waals surface area (Å²) in [6, 6.07) is 11.0. The van der Waals surface area contributed by atoms with E-state index in [-0.39, 0.29) is 5.91 Å². The number of nitrogens with two attached hydrogens (primary N) is 1. The fourth-order valence-corrected chi connectivity index (χ4v) is 1.78. The maximum Gasteiger partial charge on any atom is 0.255 e. The van der Waals surface area contributed by atoms with Crippen LogP contribution in [0.1, 0.15) is 16.1 Å². The van der Waals surface area contributed by atoms with Crippen molar-refractivity contribution in [1.82, 2.24) is 4.98 Å². The van der Waals surface area contributed by atoms with E-state index in [1.54, 1.807) is 18.3 Å². The van der Waals surface area contributed by atoms with E-state index >= 15 is 0 Å². The molecule has 5 nitrogen and oxygen atoms in total. The van der Waals surface area contributed by atoms with E-state index in [0.717, 1.165) is 11.4 Å². The highest BCUT2D eigenvalue weighted by Gasteiger charge is 2.07. The molecule has 0 aliphatic carbocycles. The van der Waals surface area contributed by atoms with Crippen molar-refractivity contribution in [3.63, 3.8) is 0 Å². The van der Waals surface area contributed by atoms with Crippen LogP contribution < -0.4 is 16.0 Å². The van der Waals surface area contributed by atoms with Crippen molar-refractivity contribution in [1.29, 1.82) is 0 Å². The van der Waals surface area contributed by atoms with Crippen LogP contribution in [0.15, 0.2) is 42.6 Å². The topological polar surface area (TPSA) is 71.2 Å². The smallest absolute Gasteiger partial charge is 0.255 e. The molecule has 1 aromatic carbocycles. The van der Waals surface area contributed by atoms with Gasteiger partial charge in [0.1, 0.15) is 0 Å². The van der Waals surface area contributed by atoms with Crippen molar-refractivity contribution in [2.45, 2.75) is 6.54 Å². The number of nitrogens with zero attached hydrogens (tertiary/aromatic N) is 2. The molecule has 5 heteroatoms. The standard InChI is InChI=1S/C15H18N4O/c1-19(2)14-5-3-12(4-6-14)18-15(20)11-7-8-17-13(9-11)10-16/h3-9H,10,16H2,1-2H3,(H,18,20). The van der Waals surface area contributed by atoms with Gasteiger partial charge >= 0.3 is 0 Å². The molecule has 1 heterocycles. The van der Waals surface area contributed by atoms with Crippen LogP contribution in [0.25, 0.3) is 0 Å². The van der Waals surface area contributed by atoms with Gasteiger partial charge in [0.2, 0.25) is 0 Å². The Morgan fingerprint density at radius 1 is 1.25 bits per heavy atom. The molecule has 0 saturated heterocycles. The number of rotatable bonds is 4. The van der Waals surface area contributed by atoms with Gasteiger partial charge in [-0.2, -0.15) is 0 Å². The minimum absolute atomic E-state index is 0.167. The summed E-state index contributed by atoms with van der Waals surface area (Å²) in [6.07, 6.45) is 1.59. The van der Waals surface area contributed by atoms with Crippen LogP contribution in [0.3, 0.4) is 0 Å². The summed E-state index contributed by atoms with van der Waals surface area (Å²) in [7, 11) is 3.94. The number of hydrogen-bond acceptors (Lipinski definition) is 4. The van der Waals surface area contributed by atoms with Crippen molar-refractivity contribution in [2.75, 3.05) is 24.3 Å². The van der Waals surface area contributed by atoms with Crippen molar-refractivity contribution in [3.8, 4) is 0 Å². The van der Waals surface area contributed by atoms with Crippen LogP contribution in [0.5, 0.6) is 0 Å². The Labute approximate surface area is 118 Å². The molecule has 2 aromatic rings. The van der Waals surface area contributed by atoms with Crippen molar-refractivity contribution in [3.05, 3.63) is 53.9 Å². The highest BCUT2D eigenvalue weighted by atomic mass is 16.1. The second kappa shape index (κ2) is 6.16. The van der Waals surface area contributed by atoms with Crippen molar-refractivity contribution in [2.24, 2.45) is 5.73 Å². The summed E-state index contributed by atoms with van der Waals surface area (Å²) in [5.41, 5.74) is 8.60. The predicted molar refractivity (Wildman–Crippen MR) is 80.9 cm³/mol. The molecule has 0 fully saturated rings. The highest BCUT2D eigenvalue weighted by molar-refractivity contribution is 6.04. The number of amides is 1. The first-order valence-corrected chi connectivity index (χ1v) is 6.34. The Bertz CT molecular complexity index is 593. The lowest BCUT2D eigenvalue weighted by Crippen LogP contribution is -2.13. The van der Waals surface area contributed by atoms with Crippen LogP contribution in [0.4, 0.5) is 11.4 Å². The fraction of sp³-hybridized carbons (Fsp3) is 0.200. The first-order valence-electron chi connectivity index (χ1n) is 6.34. The predicted octanol–water partition coefficient (Wildman–Crippen LogP) is 1.86. The number of carbonyl (C=O) groups excluding carboxylic acids is 1. The minimum atomic E-state index is -0.167. The SMILES string of the molecule is CN(C)c1ccc(NC(=O)c2ccnc(CN)c2)cc1. The van der Waals surface area contributed by atoms with Crippen LogP contribution in [0.2, 0.25) is 0 Å². The van der Waals surface area contributed by atoms with Crippen LogP contribution >= 0.6 is 0 Å². The monoisotopic (exact) mass is 270 g/mol. The lowest BCUT2D eigenvalue weighted by molar-refractivity contribution is 0.102. The van der Waals surface area contributed by atoms with Gasteiger partial charge in [0.15, 0.2) is 0 Å². The molecule has 0 radical (unpaired) electrons. The Kier molecular flexibility index (Phi) is 4.32. The van der Waals surface area contributed by atoms with Gasteiger partial charge in [0, 0.05) is 43.8 Å². The number of carbonyl (C=O) groups is 1. The zero-order valence-corrected chi connectivity index (χ0v) is 11.6. The Balaban J connectivity index is 2.10. The molecule has 3 N–H and O–H groups in total. The Hall–Kier alpha value is -2.40. The van der Waals surface area contributed by atoms with Crippen LogP contribution in [-0.4, -0.2) is 25.0 Å². The third kappa shape index (κ3) is 3.33. The van der Waals surface area contributed by atoms with Crippen molar-refractivity contribution >= 4 is 17.3 Å². The zero-order chi connectivity index (χ0) is 14.5.